The molecule has 0 aromatic heterocycles. The van der Waals surface area contributed by atoms with Gasteiger partial charge in [-0.05, 0) is 46.8 Å². The Morgan fingerprint density at radius 2 is 1.86 bits per heavy atom. The summed E-state index contributed by atoms with van der Waals surface area (Å²) in [6, 6.07) is -1.86. The summed E-state index contributed by atoms with van der Waals surface area (Å²) in [5, 5.41) is 33.4. The predicted molar refractivity (Wildman–Crippen MR) is 131 cm³/mol. The summed E-state index contributed by atoms with van der Waals surface area (Å²) in [7, 11) is 0. The van der Waals surface area contributed by atoms with Crippen LogP contribution in [0.1, 0.15) is 47.0 Å². The molecule has 3 fully saturated rings. The molecule has 4 N–H and O–H groups in total. The van der Waals surface area contributed by atoms with Gasteiger partial charge in [-0.1, -0.05) is 6.42 Å². The summed E-state index contributed by atoms with van der Waals surface area (Å²) < 4.78 is 17.5. The van der Waals surface area contributed by atoms with Crippen LogP contribution >= 0.6 is 23.4 Å². The number of likely N-dealkylation sites (tertiary alicyclic amines) is 1. The lowest BCUT2D eigenvalue weighted by molar-refractivity contribution is -0.205. The SMILES string of the molecule is CSC1OC(C(NC(=O)C2C3OCCCCC3CN2C(=O)OC(C)(C)C)C(C)Cl)C(O)C(O)C1O. The van der Waals surface area contributed by atoms with E-state index in [4.69, 9.17) is 25.8 Å². The van der Waals surface area contributed by atoms with Crippen LogP contribution in [0.2, 0.25) is 0 Å². The minimum absolute atomic E-state index is 0.0120. The molecule has 0 spiro atoms. The monoisotopic (exact) mass is 538 g/mol. The van der Waals surface area contributed by atoms with Crippen molar-refractivity contribution in [2.45, 2.75) is 106 Å². The summed E-state index contributed by atoms with van der Waals surface area (Å²) in [6.07, 6.45) is -2.07. The highest BCUT2D eigenvalue weighted by Crippen LogP contribution is 2.35. The first-order chi connectivity index (χ1) is 16.4. The maximum atomic E-state index is 13.7. The molecule has 0 saturated carbocycles. The van der Waals surface area contributed by atoms with Gasteiger partial charge in [0, 0.05) is 19.1 Å². The number of fused-ring (bicyclic) bond motifs is 1. The van der Waals surface area contributed by atoms with E-state index in [-0.39, 0.29) is 5.92 Å². The number of ether oxygens (including phenoxy) is 3. The van der Waals surface area contributed by atoms with Gasteiger partial charge in [0.2, 0.25) is 5.91 Å². The van der Waals surface area contributed by atoms with Crippen molar-refractivity contribution in [3.63, 3.8) is 0 Å². The maximum Gasteiger partial charge on any atom is 0.411 e. The van der Waals surface area contributed by atoms with E-state index in [9.17, 15) is 24.9 Å². The summed E-state index contributed by atoms with van der Waals surface area (Å²) in [6.45, 7) is 7.76. The molecule has 10 unspecified atom stereocenters. The van der Waals surface area contributed by atoms with Gasteiger partial charge in [0.15, 0.2) is 0 Å². The molecule has 0 radical (unpaired) electrons. The largest absolute Gasteiger partial charge is 0.444 e. The van der Waals surface area contributed by atoms with Gasteiger partial charge in [-0.2, -0.15) is 0 Å². The van der Waals surface area contributed by atoms with Crippen LogP contribution in [0.5, 0.6) is 0 Å². The van der Waals surface area contributed by atoms with Crippen LogP contribution in [-0.4, -0.2) is 111 Å². The molecule has 0 bridgehead atoms. The van der Waals surface area contributed by atoms with E-state index in [0.29, 0.717) is 13.2 Å². The first-order valence-corrected chi connectivity index (χ1v) is 13.9. The molecule has 202 valence electrons. The Balaban J connectivity index is 1.85. The molecule has 3 heterocycles. The van der Waals surface area contributed by atoms with Gasteiger partial charge in [-0.25, -0.2) is 4.79 Å². The van der Waals surface area contributed by atoms with E-state index < -0.39 is 71.0 Å². The van der Waals surface area contributed by atoms with Gasteiger partial charge in [-0.15, -0.1) is 23.4 Å². The van der Waals surface area contributed by atoms with Crippen LogP contribution in [0.25, 0.3) is 0 Å². The maximum absolute atomic E-state index is 13.7. The first-order valence-electron chi connectivity index (χ1n) is 12.1. The Morgan fingerprint density at radius 1 is 1.17 bits per heavy atom. The Kier molecular flexibility index (Phi) is 9.61. The number of halogens is 1. The number of alkyl halides is 1. The second-order valence-corrected chi connectivity index (χ2v) is 12.2. The number of nitrogens with one attached hydrogen (secondary N) is 1. The van der Waals surface area contributed by atoms with Gasteiger partial charge < -0.3 is 34.8 Å². The lowest BCUT2D eigenvalue weighted by Crippen LogP contribution is -2.65. The highest BCUT2D eigenvalue weighted by atomic mass is 35.5. The fourth-order valence-electron chi connectivity index (χ4n) is 4.99. The van der Waals surface area contributed by atoms with E-state index in [0.717, 1.165) is 19.3 Å². The summed E-state index contributed by atoms with van der Waals surface area (Å²) in [5.41, 5.74) is -1.55. The molecule has 3 aliphatic rings. The van der Waals surface area contributed by atoms with Crippen molar-refractivity contribution in [1.82, 2.24) is 10.2 Å². The zero-order valence-corrected chi connectivity index (χ0v) is 22.5. The number of thioether (sulfide) groups is 1. The van der Waals surface area contributed by atoms with Crippen molar-refractivity contribution in [2.75, 3.05) is 19.4 Å². The molecule has 0 aromatic rings. The van der Waals surface area contributed by atoms with Crippen molar-refractivity contribution in [3.8, 4) is 0 Å². The summed E-state index contributed by atoms with van der Waals surface area (Å²) in [5.74, 6) is -0.512. The second-order valence-electron chi connectivity index (χ2n) is 10.6. The van der Waals surface area contributed by atoms with Crippen molar-refractivity contribution < 1.29 is 39.1 Å². The Hall–Kier alpha value is -0.820. The fourth-order valence-corrected chi connectivity index (χ4v) is 5.87. The molecular formula is C23H39ClN2O8S. The molecule has 3 rings (SSSR count). The number of hydrogen-bond donors (Lipinski definition) is 4. The number of aliphatic hydroxyl groups is 3. The number of amides is 2. The van der Waals surface area contributed by atoms with Gasteiger partial charge in [0.1, 0.15) is 41.5 Å². The molecule has 0 aliphatic carbocycles. The molecular weight excluding hydrogens is 500 g/mol. The molecule has 10 atom stereocenters. The second kappa shape index (κ2) is 11.7. The van der Waals surface area contributed by atoms with Crippen molar-refractivity contribution in [2.24, 2.45) is 5.92 Å². The van der Waals surface area contributed by atoms with E-state index >= 15 is 0 Å². The summed E-state index contributed by atoms with van der Waals surface area (Å²) >= 11 is 7.60. The number of aliphatic hydroxyl groups excluding tert-OH is 3. The van der Waals surface area contributed by atoms with E-state index in [1.807, 2.05) is 0 Å². The average molecular weight is 539 g/mol. The number of hydrogen-bond acceptors (Lipinski definition) is 9. The quantitative estimate of drug-likeness (QED) is 0.379. The minimum Gasteiger partial charge on any atom is -0.444 e. The number of rotatable bonds is 5. The Bertz CT molecular complexity index is 752. The third kappa shape index (κ3) is 6.55. The Labute approximate surface area is 216 Å². The molecule has 12 heteroatoms. The van der Waals surface area contributed by atoms with E-state index in [2.05, 4.69) is 5.32 Å². The van der Waals surface area contributed by atoms with E-state index in [1.165, 1.54) is 16.7 Å². The van der Waals surface area contributed by atoms with Gasteiger partial charge >= 0.3 is 6.09 Å². The highest BCUT2D eigenvalue weighted by molar-refractivity contribution is 7.99. The molecule has 2 amide bonds. The summed E-state index contributed by atoms with van der Waals surface area (Å²) in [4.78, 5) is 28.2. The minimum atomic E-state index is -1.48. The lowest BCUT2D eigenvalue weighted by atomic mass is 9.92. The number of carbonyl (C=O) groups is 2. The fraction of sp³-hybridized carbons (Fsp3) is 0.913. The number of carbonyl (C=O) groups excluding carboxylic acids is 2. The van der Waals surface area contributed by atoms with Crippen LogP contribution < -0.4 is 5.32 Å². The van der Waals surface area contributed by atoms with Crippen LogP contribution in [-0.2, 0) is 19.0 Å². The molecule has 3 aliphatic heterocycles. The zero-order chi connectivity index (χ0) is 26.1. The smallest absolute Gasteiger partial charge is 0.411 e. The molecule has 3 saturated heterocycles. The molecule has 35 heavy (non-hydrogen) atoms. The standard InChI is InChI=1S/C23H39ClN2O8S/c1-11(24)13(19-16(28)15(27)17(29)21(33-19)35-5)25-20(30)14-18-12(8-6-7-9-32-18)10-26(14)22(31)34-23(2,3)4/h11-19,21,27-29H,6-10H2,1-5H3,(H,25,30). The lowest BCUT2D eigenvalue weighted by Gasteiger charge is -2.44. The first kappa shape index (κ1) is 28.7. The number of nitrogens with zero attached hydrogens (tertiary/aromatic N) is 1. The van der Waals surface area contributed by atoms with Gasteiger partial charge in [-0.3, -0.25) is 9.69 Å². The Morgan fingerprint density at radius 3 is 2.46 bits per heavy atom. The predicted octanol–water partition coefficient (Wildman–Crippen LogP) is 1.07. The normalized spacial score (nSPS) is 37.7. The molecule has 10 nitrogen and oxygen atoms in total. The van der Waals surface area contributed by atoms with Crippen LogP contribution in [0.15, 0.2) is 0 Å². The van der Waals surface area contributed by atoms with Crippen LogP contribution in [0.3, 0.4) is 0 Å². The highest BCUT2D eigenvalue weighted by Gasteiger charge is 2.52. The van der Waals surface area contributed by atoms with Crippen molar-refractivity contribution >= 4 is 35.4 Å². The third-order valence-electron chi connectivity index (χ3n) is 6.72. The molecule has 0 aromatic carbocycles. The van der Waals surface area contributed by atoms with Crippen molar-refractivity contribution in [3.05, 3.63) is 0 Å². The third-order valence-corrected chi connectivity index (χ3v) is 7.84. The topological polar surface area (TPSA) is 138 Å². The van der Waals surface area contributed by atoms with Gasteiger partial charge in [0.05, 0.1) is 17.5 Å². The van der Waals surface area contributed by atoms with Crippen molar-refractivity contribution in [1.29, 1.82) is 0 Å². The zero-order valence-electron chi connectivity index (χ0n) is 20.9. The van der Waals surface area contributed by atoms with Crippen LogP contribution in [0, 0.1) is 5.92 Å². The average Bonchev–Trinajstić information content (AvgIpc) is 2.98. The van der Waals surface area contributed by atoms with Gasteiger partial charge in [0.25, 0.3) is 0 Å². The van der Waals surface area contributed by atoms with Crippen LogP contribution in [0.4, 0.5) is 4.79 Å². The van der Waals surface area contributed by atoms with E-state index in [1.54, 1.807) is 34.0 Å².